The molecule has 5 heteroatoms. The van der Waals surface area contributed by atoms with Crippen molar-refractivity contribution >= 4 is 17.1 Å². The standard InChI is InChI=1S/C23H28O4S/c1-13-20-15(12-16-21(20)23(16,2)3)22(28-13)17(25)7-5-14-6-8-18(27-10-9-24)19(11-14)26-4/h6,8,11,16,21,24H,5,7,9-10,12H2,1-4H3/t16-,21-/m1/s1. The number of aryl methyl sites for hydroxylation is 2. The zero-order valence-electron chi connectivity index (χ0n) is 17.0. The molecular weight excluding hydrogens is 372 g/mol. The Kier molecular flexibility index (Phi) is 5.00. The molecule has 1 fully saturated rings. The molecule has 0 saturated heterocycles. The summed E-state index contributed by atoms with van der Waals surface area (Å²) in [6.45, 7) is 7.07. The molecule has 1 N–H and O–H groups in total. The van der Waals surface area contributed by atoms with Crippen molar-refractivity contribution in [2.24, 2.45) is 11.3 Å². The Labute approximate surface area is 170 Å². The molecule has 0 bridgehead atoms. The number of hydrogen-bond donors (Lipinski definition) is 1. The number of fused-ring (bicyclic) bond motifs is 3. The van der Waals surface area contributed by atoms with E-state index >= 15 is 0 Å². The topological polar surface area (TPSA) is 55.8 Å². The van der Waals surface area contributed by atoms with E-state index in [1.165, 1.54) is 16.0 Å². The molecule has 0 spiro atoms. The highest BCUT2D eigenvalue weighted by molar-refractivity contribution is 7.14. The van der Waals surface area contributed by atoms with E-state index in [1.54, 1.807) is 18.4 Å². The van der Waals surface area contributed by atoms with Crippen molar-refractivity contribution in [2.45, 2.75) is 46.0 Å². The lowest BCUT2D eigenvalue weighted by Gasteiger charge is -2.12. The SMILES string of the molecule is COc1cc(CCC(=O)c2sc(C)c3c2C[C@@H]2[C@H]3C2(C)C)ccc1OCCO. The van der Waals surface area contributed by atoms with Crippen molar-refractivity contribution in [3.8, 4) is 11.5 Å². The first-order valence-corrected chi connectivity index (χ1v) is 10.8. The second-order valence-electron chi connectivity index (χ2n) is 8.47. The molecule has 0 radical (unpaired) electrons. The van der Waals surface area contributed by atoms with E-state index in [1.807, 2.05) is 18.2 Å². The van der Waals surface area contributed by atoms with Gasteiger partial charge in [-0.2, -0.15) is 0 Å². The summed E-state index contributed by atoms with van der Waals surface area (Å²) in [4.78, 5) is 15.3. The van der Waals surface area contributed by atoms with E-state index in [2.05, 4.69) is 20.8 Å². The van der Waals surface area contributed by atoms with E-state index in [4.69, 9.17) is 14.6 Å². The summed E-state index contributed by atoms with van der Waals surface area (Å²) in [5.41, 5.74) is 4.29. The molecule has 28 heavy (non-hydrogen) atoms. The van der Waals surface area contributed by atoms with Crippen LogP contribution < -0.4 is 9.47 Å². The lowest BCUT2D eigenvalue weighted by atomic mass is 9.94. The van der Waals surface area contributed by atoms with E-state index in [-0.39, 0.29) is 19.0 Å². The number of rotatable bonds is 8. The number of benzene rings is 1. The van der Waals surface area contributed by atoms with Crippen LogP contribution in [0.1, 0.15) is 57.4 Å². The molecule has 0 unspecified atom stereocenters. The van der Waals surface area contributed by atoms with Crippen LogP contribution >= 0.6 is 11.3 Å². The lowest BCUT2D eigenvalue weighted by molar-refractivity contribution is 0.0985. The van der Waals surface area contributed by atoms with Gasteiger partial charge in [-0.1, -0.05) is 19.9 Å². The number of Topliss-reactive ketones (excluding diaryl/α,β-unsaturated/α-hetero) is 1. The van der Waals surface area contributed by atoms with Gasteiger partial charge in [0.25, 0.3) is 0 Å². The minimum atomic E-state index is -0.0388. The third-order valence-electron chi connectivity index (χ3n) is 6.49. The van der Waals surface area contributed by atoms with Gasteiger partial charge >= 0.3 is 0 Å². The van der Waals surface area contributed by atoms with Crippen LogP contribution in [0.4, 0.5) is 0 Å². The summed E-state index contributed by atoms with van der Waals surface area (Å²) >= 11 is 1.69. The third kappa shape index (κ3) is 3.15. The number of ether oxygens (including phenoxy) is 2. The predicted octanol–water partition coefficient (Wildman–Crippen LogP) is 4.55. The number of thiophene rings is 1. The highest BCUT2D eigenvalue weighted by Gasteiger charge is 2.63. The van der Waals surface area contributed by atoms with Gasteiger partial charge in [0.1, 0.15) is 6.61 Å². The summed E-state index contributed by atoms with van der Waals surface area (Å²) in [6, 6.07) is 5.73. The fraction of sp³-hybridized carbons (Fsp3) is 0.522. The largest absolute Gasteiger partial charge is 0.493 e. The van der Waals surface area contributed by atoms with Crippen molar-refractivity contribution < 1.29 is 19.4 Å². The quantitative estimate of drug-likeness (QED) is 0.661. The van der Waals surface area contributed by atoms with Crippen LogP contribution in [-0.2, 0) is 12.8 Å². The molecule has 0 aliphatic heterocycles. The van der Waals surface area contributed by atoms with Crippen LogP contribution in [0.25, 0.3) is 0 Å². The van der Waals surface area contributed by atoms with Crippen molar-refractivity contribution in [3.63, 3.8) is 0 Å². The molecule has 1 heterocycles. The van der Waals surface area contributed by atoms with Crippen LogP contribution in [0.3, 0.4) is 0 Å². The molecule has 2 aliphatic rings. The first-order chi connectivity index (χ1) is 13.4. The first-order valence-electron chi connectivity index (χ1n) is 9.94. The van der Waals surface area contributed by atoms with Crippen molar-refractivity contribution in [1.82, 2.24) is 0 Å². The van der Waals surface area contributed by atoms with Gasteiger partial charge in [-0.25, -0.2) is 0 Å². The van der Waals surface area contributed by atoms with Crippen molar-refractivity contribution in [2.75, 3.05) is 20.3 Å². The number of aliphatic hydroxyl groups is 1. The Morgan fingerprint density at radius 3 is 2.82 bits per heavy atom. The second kappa shape index (κ2) is 7.20. The minimum Gasteiger partial charge on any atom is -0.493 e. The number of carbonyl (C=O) groups is 1. The fourth-order valence-electron chi connectivity index (χ4n) is 4.87. The molecule has 4 nitrogen and oxygen atoms in total. The van der Waals surface area contributed by atoms with Gasteiger partial charge < -0.3 is 14.6 Å². The average Bonchev–Trinajstić information content (AvgIpc) is 3.01. The predicted molar refractivity (Wildman–Crippen MR) is 111 cm³/mol. The van der Waals surface area contributed by atoms with Gasteiger partial charge in [-0.05, 0) is 65.8 Å². The summed E-state index contributed by atoms with van der Waals surface area (Å²) in [6.07, 6.45) is 2.26. The molecule has 150 valence electrons. The van der Waals surface area contributed by atoms with Crippen LogP contribution in [0.5, 0.6) is 11.5 Å². The van der Waals surface area contributed by atoms with E-state index in [0.717, 1.165) is 22.8 Å². The maximum Gasteiger partial charge on any atom is 0.173 e. The number of ketones is 1. The van der Waals surface area contributed by atoms with Gasteiger partial charge in [-0.3, -0.25) is 4.79 Å². The smallest absolute Gasteiger partial charge is 0.173 e. The Hall–Kier alpha value is -1.85. The highest BCUT2D eigenvalue weighted by atomic mass is 32.1. The fourth-order valence-corrected chi connectivity index (χ4v) is 6.07. The van der Waals surface area contributed by atoms with Gasteiger partial charge in [0, 0.05) is 11.3 Å². The first kappa shape index (κ1) is 19.5. The zero-order valence-corrected chi connectivity index (χ0v) is 17.8. The van der Waals surface area contributed by atoms with Crippen molar-refractivity contribution in [3.05, 3.63) is 44.6 Å². The van der Waals surface area contributed by atoms with Crippen LogP contribution in [0, 0.1) is 18.3 Å². The Morgan fingerprint density at radius 1 is 1.32 bits per heavy atom. The molecule has 4 rings (SSSR count). The van der Waals surface area contributed by atoms with Gasteiger partial charge in [0.2, 0.25) is 0 Å². The van der Waals surface area contributed by atoms with E-state index < -0.39 is 0 Å². The summed E-state index contributed by atoms with van der Waals surface area (Å²) in [5, 5.41) is 8.91. The molecule has 2 aliphatic carbocycles. The number of hydrogen-bond acceptors (Lipinski definition) is 5. The van der Waals surface area contributed by atoms with E-state index in [9.17, 15) is 4.79 Å². The van der Waals surface area contributed by atoms with Crippen LogP contribution in [-0.4, -0.2) is 31.2 Å². The normalized spacial score (nSPS) is 21.2. The van der Waals surface area contributed by atoms with Gasteiger partial charge in [0.15, 0.2) is 17.3 Å². The molecule has 1 aromatic carbocycles. The van der Waals surface area contributed by atoms with Crippen molar-refractivity contribution in [1.29, 1.82) is 0 Å². The number of aliphatic hydroxyl groups excluding tert-OH is 1. The summed E-state index contributed by atoms with van der Waals surface area (Å²) < 4.78 is 10.9. The molecule has 1 aromatic heterocycles. The zero-order chi connectivity index (χ0) is 20.1. The molecule has 1 saturated carbocycles. The summed E-state index contributed by atoms with van der Waals surface area (Å²) in [7, 11) is 1.60. The Balaban J connectivity index is 1.45. The van der Waals surface area contributed by atoms with Gasteiger partial charge in [-0.15, -0.1) is 11.3 Å². The Bertz CT molecular complexity index is 912. The van der Waals surface area contributed by atoms with Crippen LogP contribution in [0.2, 0.25) is 0 Å². The maximum atomic E-state index is 13.0. The maximum absolute atomic E-state index is 13.0. The Morgan fingerprint density at radius 2 is 2.11 bits per heavy atom. The number of carbonyl (C=O) groups excluding carboxylic acids is 1. The summed E-state index contributed by atoms with van der Waals surface area (Å²) in [5.74, 6) is 2.89. The molecule has 2 atom stereocenters. The van der Waals surface area contributed by atoms with Crippen LogP contribution in [0.15, 0.2) is 18.2 Å². The minimum absolute atomic E-state index is 0.0388. The third-order valence-corrected chi connectivity index (χ3v) is 7.69. The molecular formula is C23H28O4S. The van der Waals surface area contributed by atoms with Gasteiger partial charge in [0.05, 0.1) is 18.6 Å². The highest BCUT2D eigenvalue weighted by Crippen LogP contribution is 2.71. The monoisotopic (exact) mass is 400 g/mol. The average molecular weight is 401 g/mol. The second-order valence-corrected chi connectivity index (χ2v) is 9.69. The molecule has 2 aromatic rings. The number of methoxy groups -OCH3 is 1. The van der Waals surface area contributed by atoms with E-state index in [0.29, 0.717) is 35.7 Å². The lowest BCUT2D eigenvalue weighted by Crippen LogP contribution is -2.06. The molecule has 0 amide bonds.